The highest BCUT2D eigenvalue weighted by molar-refractivity contribution is 5.85. The number of nitrogens with one attached hydrogen (secondary N) is 2. The summed E-state index contributed by atoms with van der Waals surface area (Å²) in [5.41, 5.74) is 0.0938. The summed E-state index contributed by atoms with van der Waals surface area (Å²) in [6.45, 7) is 1.70. The summed E-state index contributed by atoms with van der Waals surface area (Å²) in [6.07, 6.45) is 1.81. The molecule has 1 aromatic carbocycles. The molecule has 19 heavy (non-hydrogen) atoms. The van der Waals surface area contributed by atoms with Crippen molar-refractivity contribution in [1.82, 2.24) is 10.6 Å². The monoisotopic (exact) mass is 290 g/mol. The minimum atomic E-state index is -0.548. The zero-order valence-corrected chi connectivity index (χ0v) is 11.2. The van der Waals surface area contributed by atoms with Crippen LogP contribution >= 0.6 is 12.4 Å². The van der Waals surface area contributed by atoms with Crippen molar-refractivity contribution in [3.8, 4) is 0 Å². The Morgan fingerprint density at radius 1 is 1.42 bits per heavy atom. The number of piperidine rings is 1. The number of benzene rings is 1. The summed E-state index contributed by atoms with van der Waals surface area (Å²) < 4.78 is 26.3. The SMILES string of the molecule is Cl.O=C(Cc1cc(F)ccc1F)N[C@H]1CCCNC1. The first-order valence-electron chi connectivity index (χ1n) is 6.09. The predicted octanol–water partition coefficient (Wildman–Crippen LogP) is 1.80. The third-order valence-electron chi connectivity index (χ3n) is 3.02. The van der Waals surface area contributed by atoms with Crippen LogP contribution in [-0.4, -0.2) is 25.0 Å². The van der Waals surface area contributed by atoms with E-state index in [1.165, 1.54) is 0 Å². The molecule has 0 spiro atoms. The second-order valence-electron chi connectivity index (χ2n) is 4.52. The van der Waals surface area contributed by atoms with E-state index in [1.807, 2.05) is 0 Å². The van der Waals surface area contributed by atoms with Crippen LogP contribution in [0.4, 0.5) is 8.78 Å². The number of hydrogen-bond acceptors (Lipinski definition) is 2. The Labute approximate surface area is 117 Å². The first kappa shape index (κ1) is 15.9. The Kier molecular flexibility index (Phi) is 6.18. The van der Waals surface area contributed by atoms with Crippen LogP contribution in [0.3, 0.4) is 0 Å². The smallest absolute Gasteiger partial charge is 0.224 e. The van der Waals surface area contributed by atoms with Gasteiger partial charge in [-0.1, -0.05) is 0 Å². The van der Waals surface area contributed by atoms with Gasteiger partial charge in [0.15, 0.2) is 0 Å². The molecule has 3 nitrogen and oxygen atoms in total. The molecule has 1 saturated heterocycles. The minimum absolute atomic E-state index is 0. The van der Waals surface area contributed by atoms with Crippen molar-refractivity contribution in [1.29, 1.82) is 0 Å². The van der Waals surface area contributed by atoms with Crippen molar-refractivity contribution in [3.63, 3.8) is 0 Å². The number of carbonyl (C=O) groups is 1. The number of halogens is 3. The molecule has 6 heteroatoms. The lowest BCUT2D eigenvalue weighted by atomic mass is 10.1. The Morgan fingerprint density at radius 3 is 2.89 bits per heavy atom. The number of rotatable bonds is 3. The van der Waals surface area contributed by atoms with E-state index in [2.05, 4.69) is 10.6 Å². The fourth-order valence-corrected chi connectivity index (χ4v) is 2.11. The highest BCUT2D eigenvalue weighted by Crippen LogP contribution is 2.10. The molecule has 1 fully saturated rings. The van der Waals surface area contributed by atoms with E-state index in [-0.39, 0.29) is 36.3 Å². The van der Waals surface area contributed by atoms with Gasteiger partial charge in [0.2, 0.25) is 5.91 Å². The van der Waals surface area contributed by atoms with Gasteiger partial charge in [0.05, 0.1) is 6.42 Å². The van der Waals surface area contributed by atoms with Gasteiger partial charge in [0.1, 0.15) is 11.6 Å². The van der Waals surface area contributed by atoms with Crippen LogP contribution in [0, 0.1) is 11.6 Å². The van der Waals surface area contributed by atoms with Crippen molar-refractivity contribution < 1.29 is 13.6 Å². The molecule has 0 aliphatic carbocycles. The maximum Gasteiger partial charge on any atom is 0.224 e. The normalized spacial score (nSPS) is 18.5. The van der Waals surface area contributed by atoms with E-state index >= 15 is 0 Å². The molecule has 0 aromatic heterocycles. The van der Waals surface area contributed by atoms with Crippen LogP contribution in [0.5, 0.6) is 0 Å². The van der Waals surface area contributed by atoms with E-state index in [9.17, 15) is 13.6 Å². The molecule has 1 atom stereocenters. The third-order valence-corrected chi connectivity index (χ3v) is 3.02. The van der Waals surface area contributed by atoms with Crippen molar-refractivity contribution >= 4 is 18.3 Å². The van der Waals surface area contributed by atoms with E-state index in [1.54, 1.807) is 0 Å². The molecule has 2 N–H and O–H groups in total. The van der Waals surface area contributed by atoms with Gasteiger partial charge >= 0.3 is 0 Å². The largest absolute Gasteiger partial charge is 0.352 e. The molecule has 0 bridgehead atoms. The van der Waals surface area contributed by atoms with Crippen molar-refractivity contribution in [2.75, 3.05) is 13.1 Å². The van der Waals surface area contributed by atoms with Gasteiger partial charge in [-0.2, -0.15) is 0 Å². The molecule has 2 rings (SSSR count). The summed E-state index contributed by atoms with van der Waals surface area (Å²) in [7, 11) is 0. The van der Waals surface area contributed by atoms with Crippen molar-refractivity contribution in [2.24, 2.45) is 0 Å². The average Bonchev–Trinajstić information content (AvgIpc) is 2.35. The van der Waals surface area contributed by atoms with E-state index < -0.39 is 11.6 Å². The lowest BCUT2D eigenvalue weighted by Crippen LogP contribution is -2.46. The molecule has 0 radical (unpaired) electrons. The molecule has 1 aliphatic heterocycles. The van der Waals surface area contributed by atoms with Crippen molar-refractivity contribution in [2.45, 2.75) is 25.3 Å². The summed E-state index contributed by atoms with van der Waals surface area (Å²) in [4.78, 5) is 11.7. The van der Waals surface area contributed by atoms with Gasteiger partial charge in [-0.15, -0.1) is 12.4 Å². The minimum Gasteiger partial charge on any atom is -0.352 e. The molecule has 0 unspecified atom stereocenters. The molecule has 1 aromatic rings. The molecule has 106 valence electrons. The first-order valence-corrected chi connectivity index (χ1v) is 6.09. The van der Waals surface area contributed by atoms with Gasteiger partial charge in [0.25, 0.3) is 0 Å². The molecule has 1 aliphatic rings. The quantitative estimate of drug-likeness (QED) is 0.891. The van der Waals surface area contributed by atoms with E-state index in [0.29, 0.717) is 0 Å². The molecule has 1 heterocycles. The average molecular weight is 291 g/mol. The van der Waals surface area contributed by atoms with Gasteiger partial charge in [0, 0.05) is 18.2 Å². The fourth-order valence-electron chi connectivity index (χ4n) is 2.11. The topological polar surface area (TPSA) is 41.1 Å². The molecule has 0 saturated carbocycles. The van der Waals surface area contributed by atoms with Gasteiger partial charge in [-0.05, 0) is 37.6 Å². The Bertz CT molecular complexity index is 437. The Morgan fingerprint density at radius 2 is 2.21 bits per heavy atom. The third kappa shape index (κ3) is 4.76. The maximum absolute atomic E-state index is 13.3. The van der Waals surface area contributed by atoms with Crippen LogP contribution in [0.1, 0.15) is 18.4 Å². The van der Waals surface area contributed by atoms with Crippen LogP contribution in [0.2, 0.25) is 0 Å². The lowest BCUT2D eigenvalue weighted by molar-refractivity contribution is -0.121. The first-order chi connectivity index (χ1) is 8.65. The number of carbonyl (C=O) groups excluding carboxylic acids is 1. The Hall–Kier alpha value is -1.20. The predicted molar refractivity (Wildman–Crippen MR) is 71.3 cm³/mol. The highest BCUT2D eigenvalue weighted by Gasteiger charge is 2.16. The van der Waals surface area contributed by atoms with Crippen molar-refractivity contribution in [3.05, 3.63) is 35.4 Å². The van der Waals surface area contributed by atoms with Crippen LogP contribution in [-0.2, 0) is 11.2 Å². The molecular formula is C13H17ClF2N2O. The van der Waals surface area contributed by atoms with Gasteiger partial charge in [-0.3, -0.25) is 4.79 Å². The maximum atomic E-state index is 13.3. The van der Waals surface area contributed by atoms with Gasteiger partial charge in [-0.25, -0.2) is 8.78 Å². The van der Waals surface area contributed by atoms with E-state index in [4.69, 9.17) is 0 Å². The lowest BCUT2D eigenvalue weighted by Gasteiger charge is -2.23. The second-order valence-corrected chi connectivity index (χ2v) is 4.52. The number of hydrogen-bond donors (Lipinski definition) is 2. The summed E-state index contributed by atoms with van der Waals surface area (Å²) in [6, 6.07) is 3.23. The summed E-state index contributed by atoms with van der Waals surface area (Å²) >= 11 is 0. The summed E-state index contributed by atoms with van der Waals surface area (Å²) in [5, 5.41) is 6.00. The molecule has 1 amide bonds. The second kappa shape index (κ2) is 7.40. The zero-order chi connectivity index (χ0) is 13.0. The fraction of sp³-hybridized carbons (Fsp3) is 0.462. The standard InChI is InChI=1S/C13H16F2N2O.ClH/c14-10-3-4-12(15)9(6-10)7-13(18)17-11-2-1-5-16-8-11;/h3-4,6,11,16H,1-2,5,7-8H2,(H,17,18);1H/t11-;/m0./s1. The highest BCUT2D eigenvalue weighted by atomic mass is 35.5. The van der Waals surface area contributed by atoms with Crippen LogP contribution in [0.15, 0.2) is 18.2 Å². The van der Waals surface area contributed by atoms with Crippen LogP contribution in [0.25, 0.3) is 0 Å². The molecular weight excluding hydrogens is 274 g/mol. The van der Waals surface area contributed by atoms with Gasteiger partial charge < -0.3 is 10.6 Å². The van der Waals surface area contributed by atoms with E-state index in [0.717, 1.165) is 44.1 Å². The Balaban J connectivity index is 0.00000180. The summed E-state index contributed by atoms with van der Waals surface area (Å²) in [5.74, 6) is -1.35. The number of amides is 1. The zero-order valence-electron chi connectivity index (χ0n) is 10.4. The van der Waals surface area contributed by atoms with Crippen LogP contribution < -0.4 is 10.6 Å².